The molecule has 0 aliphatic rings. The Bertz CT molecular complexity index is 408. The molecule has 0 aromatic heterocycles. The van der Waals surface area contributed by atoms with Crippen molar-refractivity contribution >= 4 is 17.5 Å². The van der Waals surface area contributed by atoms with Crippen LogP contribution in [0.3, 0.4) is 0 Å². The topological polar surface area (TPSA) is 49.8 Å². The predicted octanol–water partition coefficient (Wildman–Crippen LogP) is 1.49. The summed E-state index contributed by atoms with van der Waals surface area (Å²) in [6.07, 6.45) is -0.130. The molecule has 0 radical (unpaired) electrons. The van der Waals surface area contributed by atoms with Crippen molar-refractivity contribution in [3.8, 4) is 0 Å². The molecule has 0 saturated carbocycles. The minimum Gasteiger partial charge on any atom is -0.395 e. The van der Waals surface area contributed by atoms with Crippen molar-refractivity contribution in [3.05, 3.63) is 34.6 Å². The van der Waals surface area contributed by atoms with Gasteiger partial charge in [-0.25, -0.2) is 4.39 Å². The van der Waals surface area contributed by atoms with Crippen molar-refractivity contribution in [2.24, 2.45) is 0 Å². The fourth-order valence-corrected chi connectivity index (χ4v) is 1.88. The van der Waals surface area contributed by atoms with Gasteiger partial charge in [0.2, 0.25) is 5.91 Å². The van der Waals surface area contributed by atoms with Crippen LogP contribution in [0.5, 0.6) is 0 Å². The molecule has 0 aliphatic carbocycles. The van der Waals surface area contributed by atoms with E-state index in [1.54, 1.807) is 6.07 Å². The molecule has 4 nitrogen and oxygen atoms in total. The average molecular weight is 290 g/mol. The van der Waals surface area contributed by atoms with Crippen LogP contribution in [0.2, 0.25) is 5.02 Å². The zero-order valence-corrected chi connectivity index (χ0v) is 11.5. The van der Waals surface area contributed by atoms with E-state index >= 15 is 0 Å². The van der Waals surface area contributed by atoms with Crippen molar-refractivity contribution in [2.45, 2.75) is 6.42 Å². The number of hydrogen-bond acceptors (Lipinski definition) is 3. The van der Waals surface area contributed by atoms with E-state index in [4.69, 9.17) is 21.4 Å². The van der Waals surface area contributed by atoms with Crippen molar-refractivity contribution < 1.29 is 19.0 Å². The molecule has 1 aromatic rings. The highest BCUT2D eigenvalue weighted by Crippen LogP contribution is 2.20. The zero-order chi connectivity index (χ0) is 14.3. The van der Waals surface area contributed by atoms with Gasteiger partial charge in [0, 0.05) is 30.8 Å². The highest BCUT2D eigenvalue weighted by atomic mass is 35.5. The number of hydrogen-bond donors (Lipinski definition) is 1. The lowest BCUT2D eigenvalue weighted by Crippen LogP contribution is -2.37. The Balaban J connectivity index is 2.75. The Morgan fingerprint density at radius 3 is 2.79 bits per heavy atom. The Hall–Kier alpha value is -1.17. The molecular weight excluding hydrogens is 273 g/mol. The number of carbonyl (C=O) groups is 1. The molecule has 0 bridgehead atoms. The molecule has 1 amide bonds. The minimum atomic E-state index is -0.503. The zero-order valence-electron chi connectivity index (χ0n) is 10.7. The van der Waals surface area contributed by atoms with Crippen molar-refractivity contribution in [1.29, 1.82) is 0 Å². The van der Waals surface area contributed by atoms with E-state index in [1.807, 2.05) is 0 Å². The molecule has 0 saturated heterocycles. The molecule has 1 N–H and O–H groups in total. The van der Waals surface area contributed by atoms with Crippen molar-refractivity contribution in [1.82, 2.24) is 4.90 Å². The van der Waals surface area contributed by atoms with E-state index in [2.05, 4.69) is 0 Å². The third-order valence-electron chi connectivity index (χ3n) is 2.68. The number of carbonyl (C=O) groups excluding carboxylic acids is 1. The summed E-state index contributed by atoms with van der Waals surface area (Å²) in [6, 6.07) is 4.29. The number of benzene rings is 1. The van der Waals surface area contributed by atoms with Crippen molar-refractivity contribution in [2.75, 3.05) is 33.4 Å². The van der Waals surface area contributed by atoms with Crippen LogP contribution in [0, 0.1) is 5.82 Å². The number of halogens is 2. The van der Waals surface area contributed by atoms with Gasteiger partial charge in [0.15, 0.2) is 0 Å². The minimum absolute atomic E-state index is 0.130. The summed E-state index contributed by atoms with van der Waals surface area (Å²) in [7, 11) is 1.52. The first-order valence-corrected chi connectivity index (χ1v) is 6.28. The fourth-order valence-electron chi connectivity index (χ4n) is 1.65. The molecule has 0 unspecified atom stereocenters. The smallest absolute Gasteiger partial charge is 0.227 e. The summed E-state index contributed by atoms with van der Waals surface area (Å²) in [5.74, 6) is -0.797. The highest BCUT2D eigenvalue weighted by molar-refractivity contribution is 6.31. The Labute approximate surface area is 116 Å². The lowest BCUT2D eigenvalue weighted by atomic mass is 10.1. The fraction of sp³-hybridized carbons (Fsp3) is 0.462. The van der Waals surface area contributed by atoms with E-state index in [-0.39, 0.29) is 36.1 Å². The molecule has 1 aromatic carbocycles. The Morgan fingerprint density at radius 2 is 2.21 bits per heavy atom. The third kappa shape index (κ3) is 4.78. The molecule has 0 atom stereocenters. The first-order valence-electron chi connectivity index (χ1n) is 5.90. The number of aliphatic hydroxyl groups is 1. The number of nitrogens with zero attached hydrogens (tertiary/aromatic N) is 1. The molecule has 106 valence electrons. The molecule has 1 rings (SSSR count). The highest BCUT2D eigenvalue weighted by Gasteiger charge is 2.17. The van der Waals surface area contributed by atoms with Gasteiger partial charge in [-0.2, -0.15) is 0 Å². The SMILES string of the molecule is COCCN(CCO)C(=O)Cc1c(F)cccc1Cl. The van der Waals surface area contributed by atoms with Gasteiger partial charge in [0.25, 0.3) is 0 Å². The lowest BCUT2D eigenvalue weighted by Gasteiger charge is -2.21. The normalized spacial score (nSPS) is 10.5. The molecular formula is C13H17ClFNO3. The number of ether oxygens (including phenoxy) is 1. The summed E-state index contributed by atoms with van der Waals surface area (Å²) in [5, 5.41) is 9.15. The van der Waals surface area contributed by atoms with Gasteiger partial charge in [0.05, 0.1) is 19.6 Å². The molecule has 0 fully saturated rings. The van der Waals surface area contributed by atoms with Crippen LogP contribution in [-0.2, 0) is 16.0 Å². The Kier molecular flexibility index (Phi) is 6.77. The summed E-state index contributed by atoms with van der Waals surface area (Å²) in [4.78, 5) is 13.5. The number of amides is 1. The summed E-state index contributed by atoms with van der Waals surface area (Å²) in [6.45, 7) is 0.743. The second kappa shape index (κ2) is 8.09. The Morgan fingerprint density at radius 1 is 1.47 bits per heavy atom. The van der Waals surface area contributed by atoms with Gasteiger partial charge in [-0.3, -0.25) is 4.79 Å². The second-order valence-corrected chi connectivity index (χ2v) is 4.38. The second-order valence-electron chi connectivity index (χ2n) is 3.97. The van der Waals surface area contributed by atoms with E-state index in [0.717, 1.165) is 0 Å². The number of rotatable bonds is 7. The molecule has 0 aliphatic heterocycles. The van der Waals surface area contributed by atoms with Crippen LogP contribution in [0.4, 0.5) is 4.39 Å². The standard InChI is InChI=1S/C13H17ClFNO3/c1-19-8-6-16(5-7-17)13(18)9-10-11(14)3-2-4-12(10)15/h2-4,17H,5-9H2,1H3. The lowest BCUT2D eigenvalue weighted by molar-refractivity contribution is -0.131. The summed E-state index contributed by atoms with van der Waals surface area (Å²) < 4.78 is 18.5. The van der Waals surface area contributed by atoms with E-state index in [9.17, 15) is 9.18 Å². The maximum Gasteiger partial charge on any atom is 0.227 e. The van der Waals surface area contributed by atoms with Crippen LogP contribution in [0.1, 0.15) is 5.56 Å². The first-order chi connectivity index (χ1) is 9.10. The van der Waals surface area contributed by atoms with Gasteiger partial charge in [-0.15, -0.1) is 0 Å². The van der Waals surface area contributed by atoms with Crippen LogP contribution in [0.25, 0.3) is 0 Å². The quantitative estimate of drug-likeness (QED) is 0.827. The molecule has 19 heavy (non-hydrogen) atoms. The maximum absolute atomic E-state index is 13.6. The summed E-state index contributed by atoms with van der Waals surface area (Å²) >= 11 is 5.87. The number of aliphatic hydroxyl groups excluding tert-OH is 1. The van der Waals surface area contributed by atoms with Crippen LogP contribution >= 0.6 is 11.6 Å². The third-order valence-corrected chi connectivity index (χ3v) is 3.03. The largest absolute Gasteiger partial charge is 0.395 e. The maximum atomic E-state index is 13.6. The van der Waals surface area contributed by atoms with Gasteiger partial charge in [-0.05, 0) is 12.1 Å². The average Bonchev–Trinajstić information content (AvgIpc) is 2.38. The summed E-state index contributed by atoms with van der Waals surface area (Å²) in [5.41, 5.74) is 0.175. The molecule has 0 heterocycles. The van der Waals surface area contributed by atoms with Crippen LogP contribution < -0.4 is 0 Å². The van der Waals surface area contributed by atoms with Gasteiger partial charge in [0.1, 0.15) is 5.82 Å². The van der Waals surface area contributed by atoms with E-state index in [1.165, 1.54) is 24.1 Å². The van der Waals surface area contributed by atoms with Gasteiger partial charge >= 0.3 is 0 Å². The van der Waals surface area contributed by atoms with Gasteiger partial charge in [-0.1, -0.05) is 17.7 Å². The van der Waals surface area contributed by atoms with Gasteiger partial charge < -0.3 is 14.7 Å². The van der Waals surface area contributed by atoms with E-state index < -0.39 is 5.82 Å². The van der Waals surface area contributed by atoms with Crippen molar-refractivity contribution in [3.63, 3.8) is 0 Å². The molecule has 0 spiro atoms. The van der Waals surface area contributed by atoms with Crippen LogP contribution in [0.15, 0.2) is 18.2 Å². The first kappa shape index (κ1) is 15.9. The predicted molar refractivity (Wildman–Crippen MR) is 70.7 cm³/mol. The number of methoxy groups -OCH3 is 1. The monoisotopic (exact) mass is 289 g/mol. The van der Waals surface area contributed by atoms with E-state index in [0.29, 0.717) is 13.2 Å². The van der Waals surface area contributed by atoms with Crippen LogP contribution in [-0.4, -0.2) is 49.3 Å². The molecule has 6 heteroatoms.